The first-order chi connectivity index (χ1) is 9.43. The zero-order valence-electron chi connectivity index (χ0n) is 12.0. The Morgan fingerprint density at radius 1 is 1.50 bits per heavy atom. The average Bonchev–Trinajstić information content (AvgIpc) is 2.43. The van der Waals surface area contributed by atoms with Gasteiger partial charge in [0.05, 0.1) is 6.61 Å². The highest BCUT2D eigenvalue weighted by Crippen LogP contribution is 2.09. The number of hydrogen-bond donors (Lipinski definition) is 2. The normalized spacial score (nSPS) is 11.5. The maximum atomic E-state index is 11.7. The molecule has 1 aromatic rings. The van der Waals surface area contributed by atoms with Gasteiger partial charge in [-0.2, -0.15) is 0 Å². The number of rotatable bonds is 5. The van der Waals surface area contributed by atoms with Crippen molar-refractivity contribution < 1.29 is 14.7 Å². The van der Waals surface area contributed by atoms with Gasteiger partial charge in [-0.1, -0.05) is 37.2 Å². The molecule has 0 atom stereocenters. The summed E-state index contributed by atoms with van der Waals surface area (Å²) < 4.78 is 5.13. The minimum absolute atomic E-state index is 0.0388. The van der Waals surface area contributed by atoms with Gasteiger partial charge in [0.15, 0.2) is 5.84 Å². The van der Waals surface area contributed by atoms with Crippen LogP contribution in [0, 0.1) is 5.92 Å². The van der Waals surface area contributed by atoms with Crippen LogP contribution >= 0.6 is 0 Å². The minimum Gasteiger partial charge on any atom is -0.449 e. The number of amides is 1. The molecule has 0 saturated carbocycles. The van der Waals surface area contributed by atoms with E-state index in [-0.39, 0.29) is 11.9 Å². The number of carbonyl (C=O) groups is 1. The summed E-state index contributed by atoms with van der Waals surface area (Å²) in [5.41, 5.74) is 7.01. The van der Waals surface area contributed by atoms with Crippen molar-refractivity contribution in [3.63, 3.8) is 0 Å². The number of oxime groups is 1. The fraction of sp³-hybridized carbons (Fsp3) is 0.429. The Bertz CT molecular complexity index is 486. The van der Waals surface area contributed by atoms with Gasteiger partial charge in [0, 0.05) is 19.2 Å². The smallest absolute Gasteiger partial charge is 0.409 e. The van der Waals surface area contributed by atoms with E-state index in [9.17, 15) is 4.79 Å². The summed E-state index contributed by atoms with van der Waals surface area (Å²) in [6.45, 7) is 4.75. The van der Waals surface area contributed by atoms with E-state index in [2.05, 4.69) is 5.16 Å². The van der Waals surface area contributed by atoms with Gasteiger partial charge < -0.3 is 20.6 Å². The van der Waals surface area contributed by atoms with Gasteiger partial charge in [0.2, 0.25) is 0 Å². The van der Waals surface area contributed by atoms with Crippen molar-refractivity contribution in [2.45, 2.75) is 20.4 Å². The Balaban J connectivity index is 2.66. The molecule has 0 heterocycles. The van der Waals surface area contributed by atoms with Crippen molar-refractivity contribution in [2.24, 2.45) is 16.8 Å². The highest BCUT2D eigenvalue weighted by molar-refractivity contribution is 5.97. The Hall–Kier alpha value is -2.24. The SMILES string of the molecule is CC(C)COC(=O)N(C)Cc1cccc(C(N)=NO)c1. The molecular formula is C14H21N3O3. The fourth-order valence-corrected chi connectivity index (χ4v) is 1.57. The molecule has 0 aliphatic rings. The van der Waals surface area contributed by atoms with Crippen LogP contribution in [0.4, 0.5) is 4.79 Å². The largest absolute Gasteiger partial charge is 0.449 e. The van der Waals surface area contributed by atoms with Crippen LogP contribution in [0.25, 0.3) is 0 Å². The molecule has 6 nitrogen and oxygen atoms in total. The summed E-state index contributed by atoms with van der Waals surface area (Å²) in [4.78, 5) is 13.2. The van der Waals surface area contributed by atoms with Crippen LogP contribution in [-0.2, 0) is 11.3 Å². The van der Waals surface area contributed by atoms with E-state index >= 15 is 0 Å². The number of amidine groups is 1. The lowest BCUT2D eigenvalue weighted by Crippen LogP contribution is -2.28. The van der Waals surface area contributed by atoms with Crippen LogP contribution < -0.4 is 5.73 Å². The highest BCUT2D eigenvalue weighted by Gasteiger charge is 2.11. The van der Waals surface area contributed by atoms with E-state index in [0.29, 0.717) is 24.6 Å². The standard InChI is InChI=1S/C14H21N3O3/c1-10(2)9-20-14(18)17(3)8-11-5-4-6-12(7-11)13(15)16-19/h4-7,10,19H,8-9H2,1-3H3,(H2,15,16). The lowest BCUT2D eigenvalue weighted by Gasteiger charge is -2.18. The molecule has 0 aliphatic heterocycles. The molecule has 0 spiro atoms. The molecule has 1 amide bonds. The van der Waals surface area contributed by atoms with Crippen molar-refractivity contribution in [3.05, 3.63) is 35.4 Å². The summed E-state index contributed by atoms with van der Waals surface area (Å²) in [5, 5.41) is 11.6. The predicted molar refractivity (Wildman–Crippen MR) is 76.6 cm³/mol. The summed E-state index contributed by atoms with van der Waals surface area (Å²) in [7, 11) is 1.67. The molecule has 3 N–H and O–H groups in total. The quantitative estimate of drug-likeness (QED) is 0.373. The van der Waals surface area contributed by atoms with Gasteiger partial charge in [-0.3, -0.25) is 0 Å². The molecule has 20 heavy (non-hydrogen) atoms. The minimum atomic E-state index is -0.368. The van der Waals surface area contributed by atoms with Gasteiger partial charge in [-0.05, 0) is 17.5 Å². The van der Waals surface area contributed by atoms with Crippen molar-refractivity contribution >= 4 is 11.9 Å². The van der Waals surface area contributed by atoms with Crippen LogP contribution in [0.1, 0.15) is 25.0 Å². The second-order valence-electron chi connectivity index (χ2n) is 5.01. The number of benzene rings is 1. The molecule has 0 aliphatic carbocycles. The van der Waals surface area contributed by atoms with Gasteiger partial charge in [0.1, 0.15) is 0 Å². The summed E-state index contributed by atoms with van der Waals surface area (Å²) in [6.07, 6.45) is -0.368. The van der Waals surface area contributed by atoms with E-state index in [1.807, 2.05) is 19.9 Å². The molecule has 0 fully saturated rings. The van der Waals surface area contributed by atoms with E-state index in [0.717, 1.165) is 5.56 Å². The van der Waals surface area contributed by atoms with Gasteiger partial charge in [0.25, 0.3) is 0 Å². The van der Waals surface area contributed by atoms with E-state index < -0.39 is 0 Å². The van der Waals surface area contributed by atoms with Crippen molar-refractivity contribution in [1.29, 1.82) is 0 Å². The molecule has 6 heteroatoms. The first-order valence-corrected chi connectivity index (χ1v) is 6.38. The second-order valence-corrected chi connectivity index (χ2v) is 5.01. The number of nitrogens with zero attached hydrogens (tertiary/aromatic N) is 2. The number of ether oxygens (including phenoxy) is 1. The maximum Gasteiger partial charge on any atom is 0.409 e. The molecule has 1 aromatic carbocycles. The number of hydrogen-bond acceptors (Lipinski definition) is 4. The van der Waals surface area contributed by atoms with Crippen LogP contribution in [0.3, 0.4) is 0 Å². The van der Waals surface area contributed by atoms with Crippen LogP contribution in [0.2, 0.25) is 0 Å². The van der Waals surface area contributed by atoms with Gasteiger partial charge >= 0.3 is 6.09 Å². The first-order valence-electron chi connectivity index (χ1n) is 6.38. The third-order valence-electron chi connectivity index (χ3n) is 2.60. The number of carbonyl (C=O) groups excluding carboxylic acids is 1. The lowest BCUT2D eigenvalue weighted by molar-refractivity contribution is 0.0980. The molecule has 0 radical (unpaired) electrons. The molecule has 0 bridgehead atoms. The van der Waals surface area contributed by atoms with Crippen LogP contribution in [-0.4, -0.2) is 35.7 Å². The average molecular weight is 279 g/mol. The van der Waals surface area contributed by atoms with Crippen molar-refractivity contribution in [3.8, 4) is 0 Å². The zero-order chi connectivity index (χ0) is 15.1. The third kappa shape index (κ3) is 4.79. The second kappa shape index (κ2) is 7.37. The molecule has 0 aromatic heterocycles. The van der Waals surface area contributed by atoms with Crippen LogP contribution in [0.5, 0.6) is 0 Å². The van der Waals surface area contributed by atoms with E-state index in [1.165, 1.54) is 4.90 Å². The monoisotopic (exact) mass is 279 g/mol. The highest BCUT2D eigenvalue weighted by atomic mass is 16.6. The first kappa shape index (κ1) is 15.8. The lowest BCUT2D eigenvalue weighted by atomic mass is 10.1. The fourth-order valence-electron chi connectivity index (χ4n) is 1.57. The van der Waals surface area contributed by atoms with Gasteiger partial charge in [-0.15, -0.1) is 0 Å². The van der Waals surface area contributed by atoms with Crippen LogP contribution in [0.15, 0.2) is 29.4 Å². The van der Waals surface area contributed by atoms with Crippen molar-refractivity contribution in [2.75, 3.05) is 13.7 Å². The summed E-state index contributed by atoms with van der Waals surface area (Å²) in [5.74, 6) is 0.341. The third-order valence-corrected chi connectivity index (χ3v) is 2.60. The molecule has 1 rings (SSSR count). The summed E-state index contributed by atoms with van der Waals surface area (Å²) in [6, 6.07) is 7.15. The Morgan fingerprint density at radius 3 is 2.80 bits per heavy atom. The Labute approximate surface area is 118 Å². The summed E-state index contributed by atoms with van der Waals surface area (Å²) >= 11 is 0. The molecule has 110 valence electrons. The molecule has 0 saturated heterocycles. The number of nitrogens with two attached hydrogens (primary N) is 1. The molecule has 0 unspecified atom stereocenters. The molecular weight excluding hydrogens is 258 g/mol. The van der Waals surface area contributed by atoms with Crippen molar-refractivity contribution in [1.82, 2.24) is 4.90 Å². The topological polar surface area (TPSA) is 88.2 Å². The zero-order valence-corrected chi connectivity index (χ0v) is 12.0. The van der Waals surface area contributed by atoms with E-state index in [1.54, 1.807) is 25.2 Å². The Morgan fingerprint density at radius 2 is 2.20 bits per heavy atom. The van der Waals surface area contributed by atoms with Gasteiger partial charge in [-0.25, -0.2) is 4.79 Å². The Kier molecular flexibility index (Phi) is 5.83. The maximum absolute atomic E-state index is 11.7. The van der Waals surface area contributed by atoms with E-state index in [4.69, 9.17) is 15.7 Å². The predicted octanol–water partition coefficient (Wildman–Crippen LogP) is 2.01.